The number of nitrogens with one attached hydrogen (secondary N) is 1. The molecule has 1 aromatic rings. The Balaban J connectivity index is 1.53. The summed E-state index contributed by atoms with van der Waals surface area (Å²) in [7, 11) is 0. The van der Waals surface area contributed by atoms with Crippen LogP contribution in [0.4, 0.5) is 13.6 Å². The van der Waals surface area contributed by atoms with Gasteiger partial charge in [-0.25, -0.2) is 13.6 Å². The molecule has 0 aromatic heterocycles. The second-order valence-electron chi connectivity index (χ2n) is 6.69. The topological polar surface area (TPSA) is 52.7 Å². The van der Waals surface area contributed by atoms with Crippen LogP contribution in [-0.2, 0) is 0 Å². The predicted octanol–water partition coefficient (Wildman–Crippen LogP) is 2.76. The van der Waals surface area contributed by atoms with Crippen LogP contribution in [0, 0.1) is 11.6 Å². The lowest BCUT2D eigenvalue weighted by Gasteiger charge is -2.36. The Labute approximate surface area is 146 Å². The molecule has 25 heavy (non-hydrogen) atoms. The number of hydrogen-bond acceptors (Lipinski definition) is 2. The summed E-state index contributed by atoms with van der Waals surface area (Å²) in [6.07, 6.45) is 5.55. The summed E-state index contributed by atoms with van der Waals surface area (Å²) in [5.74, 6) is -1.91. The van der Waals surface area contributed by atoms with Crippen molar-refractivity contribution in [3.8, 4) is 0 Å². The molecule has 5 nitrogen and oxygen atoms in total. The molecule has 1 N–H and O–H groups in total. The summed E-state index contributed by atoms with van der Waals surface area (Å²) >= 11 is 0. The number of carbonyl (C=O) groups excluding carboxylic acids is 2. The zero-order valence-corrected chi connectivity index (χ0v) is 14.1. The van der Waals surface area contributed by atoms with Gasteiger partial charge < -0.3 is 15.1 Å². The van der Waals surface area contributed by atoms with Gasteiger partial charge in [0.25, 0.3) is 5.91 Å². The SMILES string of the molecule is O=C(NC1CCCCC1)N1CCN(C(=O)c2cc(F)ccc2F)CC1. The fraction of sp³-hybridized carbons (Fsp3) is 0.556. The molecule has 0 bridgehead atoms. The van der Waals surface area contributed by atoms with Crippen molar-refractivity contribution in [3.05, 3.63) is 35.4 Å². The molecule has 2 fully saturated rings. The minimum Gasteiger partial charge on any atom is -0.335 e. The summed E-state index contributed by atoms with van der Waals surface area (Å²) in [6.45, 7) is 1.40. The van der Waals surface area contributed by atoms with Gasteiger partial charge in [-0.1, -0.05) is 19.3 Å². The van der Waals surface area contributed by atoms with Gasteiger partial charge in [0, 0.05) is 32.2 Å². The van der Waals surface area contributed by atoms with Crippen LogP contribution in [0.15, 0.2) is 18.2 Å². The van der Waals surface area contributed by atoms with Crippen molar-refractivity contribution in [2.45, 2.75) is 38.1 Å². The Kier molecular flexibility index (Phi) is 5.50. The molecule has 0 unspecified atom stereocenters. The average molecular weight is 351 g/mol. The minimum absolute atomic E-state index is 0.101. The van der Waals surface area contributed by atoms with Gasteiger partial charge in [0.2, 0.25) is 0 Å². The number of hydrogen-bond donors (Lipinski definition) is 1. The van der Waals surface area contributed by atoms with Gasteiger partial charge in [0.15, 0.2) is 0 Å². The Morgan fingerprint density at radius 3 is 2.28 bits per heavy atom. The lowest BCUT2D eigenvalue weighted by molar-refractivity contribution is 0.0657. The first-order chi connectivity index (χ1) is 12.0. The third kappa shape index (κ3) is 4.27. The normalized spacial score (nSPS) is 19.0. The first-order valence-electron chi connectivity index (χ1n) is 8.84. The van der Waals surface area contributed by atoms with Gasteiger partial charge in [-0.2, -0.15) is 0 Å². The summed E-state index contributed by atoms with van der Waals surface area (Å²) in [5.41, 5.74) is -0.264. The van der Waals surface area contributed by atoms with Crippen molar-refractivity contribution in [1.29, 1.82) is 0 Å². The number of halogens is 2. The molecule has 3 rings (SSSR count). The van der Waals surface area contributed by atoms with Gasteiger partial charge in [0.1, 0.15) is 11.6 Å². The number of piperazine rings is 1. The fourth-order valence-corrected chi connectivity index (χ4v) is 3.46. The number of rotatable bonds is 2. The van der Waals surface area contributed by atoms with E-state index in [1.54, 1.807) is 4.90 Å². The second-order valence-corrected chi connectivity index (χ2v) is 6.69. The number of nitrogens with zero attached hydrogens (tertiary/aromatic N) is 2. The van der Waals surface area contributed by atoms with E-state index in [1.165, 1.54) is 11.3 Å². The van der Waals surface area contributed by atoms with Crippen LogP contribution in [0.1, 0.15) is 42.5 Å². The molecule has 1 heterocycles. The fourth-order valence-electron chi connectivity index (χ4n) is 3.46. The number of urea groups is 1. The maximum atomic E-state index is 13.8. The van der Waals surface area contributed by atoms with E-state index in [0.717, 1.165) is 43.9 Å². The Morgan fingerprint density at radius 1 is 0.960 bits per heavy atom. The van der Waals surface area contributed by atoms with Crippen LogP contribution in [0.25, 0.3) is 0 Å². The van der Waals surface area contributed by atoms with Crippen LogP contribution in [0.2, 0.25) is 0 Å². The van der Waals surface area contributed by atoms with Gasteiger partial charge >= 0.3 is 6.03 Å². The molecule has 0 atom stereocenters. The summed E-state index contributed by atoms with van der Waals surface area (Å²) in [6, 6.07) is 2.99. The summed E-state index contributed by atoms with van der Waals surface area (Å²) in [5, 5.41) is 3.05. The van der Waals surface area contributed by atoms with E-state index >= 15 is 0 Å². The van der Waals surface area contributed by atoms with Gasteiger partial charge in [-0.15, -0.1) is 0 Å². The van der Waals surface area contributed by atoms with Crippen molar-refractivity contribution >= 4 is 11.9 Å². The standard InChI is InChI=1S/C18H23F2N3O2/c19-13-6-7-16(20)15(12-13)17(24)22-8-10-23(11-9-22)18(25)21-14-4-2-1-3-5-14/h6-7,12,14H,1-5,8-11H2,(H,21,25). The molecule has 1 aliphatic heterocycles. The van der Waals surface area contributed by atoms with Crippen molar-refractivity contribution in [3.63, 3.8) is 0 Å². The summed E-state index contributed by atoms with van der Waals surface area (Å²) in [4.78, 5) is 27.8. The van der Waals surface area contributed by atoms with Crippen molar-refractivity contribution in [1.82, 2.24) is 15.1 Å². The monoisotopic (exact) mass is 351 g/mol. The third-order valence-corrected chi connectivity index (χ3v) is 4.95. The maximum absolute atomic E-state index is 13.8. The van der Waals surface area contributed by atoms with Gasteiger partial charge in [-0.05, 0) is 31.0 Å². The molecule has 7 heteroatoms. The minimum atomic E-state index is -0.733. The molecule has 1 aromatic carbocycles. The van der Waals surface area contributed by atoms with Crippen LogP contribution in [0.5, 0.6) is 0 Å². The van der Waals surface area contributed by atoms with E-state index in [-0.39, 0.29) is 17.6 Å². The van der Waals surface area contributed by atoms with Crippen LogP contribution < -0.4 is 5.32 Å². The van der Waals surface area contributed by atoms with E-state index in [1.807, 2.05) is 0 Å². The Bertz CT molecular complexity index is 639. The quantitative estimate of drug-likeness (QED) is 0.891. The predicted molar refractivity (Wildman–Crippen MR) is 89.2 cm³/mol. The molecule has 2 aliphatic rings. The first-order valence-corrected chi connectivity index (χ1v) is 8.84. The van der Waals surface area contributed by atoms with E-state index in [2.05, 4.69) is 5.32 Å². The highest BCUT2D eigenvalue weighted by molar-refractivity contribution is 5.94. The van der Waals surface area contributed by atoms with E-state index in [0.29, 0.717) is 26.2 Å². The first kappa shape index (κ1) is 17.6. The molecular formula is C18H23F2N3O2. The van der Waals surface area contributed by atoms with Crippen molar-refractivity contribution < 1.29 is 18.4 Å². The molecule has 3 amide bonds. The molecule has 0 spiro atoms. The number of benzene rings is 1. The zero-order chi connectivity index (χ0) is 17.8. The lowest BCUT2D eigenvalue weighted by Crippen LogP contribution is -2.54. The number of carbonyl (C=O) groups is 2. The largest absolute Gasteiger partial charge is 0.335 e. The number of amides is 3. The third-order valence-electron chi connectivity index (χ3n) is 4.95. The molecule has 0 radical (unpaired) electrons. The maximum Gasteiger partial charge on any atom is 0.317 e. The van der Waals surface area contributed by atoms with Crippen molar-refractivity contribution in [2.75, 3.05) is 26.2 Å². The van der Waals surface area contributed by atoms with Crippen LogP contribution in [-0.4, -0.2) is 54.0 Å². The average Bonchev–Trinajstić information content (AvgIpc) is 2.64. The molecule has 1 saturated carbocycles. The van der Waals surface area contributed by atoms with Crippen LogP contribution in [0.3, 0.4) is 0 Å². The van der Waals surface area contributed by atoms with Gasteiger partial charge in [0.05, 0.1) is 5.56 Å². The highest BCUT2D eigenvalue weighted by Gasteiger charge is 2.27. The smallest absolute Gasteiger partial charge is 0.317 e. The zero-order valence-electron chi connectivity index (χ0n) is 14.1. The molecular weight excluding hydrogens is 328 g/mol. The molecule has 1 aliphatic carbocycles. The van der Waals surface area contributed by atoms with Crippen LogP contribution >= 0.6 is 0 Å². The Hall–Kier alpha value is -2.18. The Morgan fingerprint density at radius 2 is 1.60 bits per heavy atom. The van der Waals surface area contributed by atoms with Gasteiger partial charge in [-0.3, -0.25) is 4.79 Å². The lowest BCUT2D eigenvalue weighted by atomic mass is 9.96. The van der Waals surface area contributed by atoms with Crippen molar-refractivity contribution in [2.24, 2.45) is 0 Å². The molecule has 1 saturated heterocycles. The van der Waals surface area contributed by atoms with E-state index in [4.69, 9.17) is 0 Å². The highest BCUT2D eigenvalue weighted by atomic mass is 19.1. The summed E-state index contributed by atoms with van der Waals surface area (Å²) < 4.78 is 27.0. The van der Waals surface area contributed by atoms with E-state index in [9.17, 15) is 18.4 Å². The molecule has 136 valence electrons. The van der Waals surface area contributed by atoms with E-state index < -0.39 is 17.5 Å². The highest BCUT2D eigenvalue weighted by Crippen LogP contribution is 2.18. The second kappa shape index (κ2) is 7.80.